The molecule has 1 N–H and O–H groups in total. The maximum Gasteiger partial charge on any atom is 0.317 e. The first kappa shape index (κ1) is 17.4. The summed E-state index contributed by atoms with van der Waals surface area (Å²) in [5.41, 5.74) is 0.987. The number of hydrogen-bond acceptors (Lipinski definition) is 4. The molecule has 134 valence electrons. The van der Waals surface area contributed by atoms with Gasteiger partial charge in [0, 0.05) is 25.3 Å². The van der Waals surface area contributed by atoms with Crippen molar-refractivity contribution in [1.29, 1.82) is 0 Å². The molecule has 2 heterocycles. The summed E-state index contributed by atoms with van der Waals surface area (Å²) < 4.78 is 1.89. The first-order valence-electron chi connectivity index (χ1n) is 8.75. The smallest absolute Gasteiger partial charge is 0.317 e. The number of piperidine rings is 1. The highest BCUT2D eigenvalue weighted by molar-refractivity contribution is 5.74. The van der Waals surface area contributed by atoms with Crippen LogP contribution in [-0.2, 0) is 6.54 Å². The van der Waals surface area contributed by atoms with Gasteiger partial charge >= 0.3 is 6.03 Å². The lowest BCUT2D eigenvalue weighted by Gasteiger charge is -2.33. The van der Waals surface area contributed by atoms with Crippen molar-refractivity contribution in [1.82, 2.24) is 29.9 Å². The van der Waals surface area contributed by atoms with Crippen molar-refractivity contribution in [2.24, 2.45) is 5.92 Å². The molecule has 1 aliphatic heterocycles. The van der Waals surface area contributed by atoms with Gasteiger partial charge in [-0.25, -0.2) is 4.79 Å². The van der Waals surface area contributed by atoms with E-state index in [-0.39, 0.29) is 6.03 Å². The predicted octanol–water partition coefficient (Wildman–Crippen LogP) is 1.75. The van der Waals surface area contributed by atoms with Crippen molar-refractivity contribution >= 4 is 6.03 Å². The first-order chi connectivity index (χ1) is 12.1. The van der Waals surface area contributed by atoms with Gasteiger partial charge in [0.05, 0.1) is 6.54 Å². The van der Waals surface area contributed by atoms with Crippen LogP contribution < -0.4 is 5.32 Å². The summed E-state index contributed by atoms with van der Waals surface area (Å²) in [6, 6.07) is 9.86. The van der Waals surface area contributed by atoms with E-state index in [0.29, 0.717) is 12.5 Å². The van der Waals surface area contributed by atoms with Crippen molar-refractivity contribution < 1.29 is 4.79 Å². The zero-order chi connectivity index (χ0) is 17.6. The Morgan fingerprint density at radius 3 is 2.64 bits per heavy atom. The van der Waals surface area contributed by atoms with Gasteiger partial charge in [-0.15, -0.1) is 10.2 Å². The number of rotatable bonds is 5. The monoisotopic (exact) mass is 342 g/mol. The summed E-state index contributed by atoms with van der Waals surface area (Å²) in [5.74, 6) is 1.40. The zero-order valence-electron chi connectivity index (χ0n) is 14.9. The van der Waals surface area contributed by atoms with Gasteiger partial charge in [-0.1, -0.05) is 18.2 Å². The fraction of sp³-hybridized carbons (Fsp3) is 0.500. The lowest BCUT2D eigenvalue weighted by molar-refractivity contribution is 0.159. The molecule has 0 saturated carbocycles. The van der Waals surface area contributed by atoms with E-state index >= 15 is 0 Å². The van der Waals surface area contributed by atoms with Gasteiger partial charge in [0.1, 0.15) is 6.33 Å². The van der Waals surface area contributed by atoms with Crippen LogP contribution in [0.4, 0.5) is 4.79 Å². The number of carbonyl (C=O) groups is 1. The summed E-state index contributed by atoms with van der Waals surface area (Å²) in [7, 11) is 4.20. The molecule has 1 saturated heterocycles. The zero-order valence-corrected chi connectivity index (χ0v) is 14.9. The van der Waals surface area contributed by atoms with Gasteiger partial charge in [0.15, 0.2) is 5.82 Å². The molecule has 25 heavy (non-hydrogen) atoms. The minimum atomic E-state index is -0.0223. The minimum Gasteiger partial charge on any atom is -0.331 e. The number of aromatic nitrogens is 3. The molecule has 2 aromatic rings. The highest BCUT2D eigenvalue weighted by Crippen LogP contribution is 2.17. The molecule has 0 atom stereocenters. The number of carbonyl (C=O) groups excluding carboxylic acids is 1. The first-order valence-corrected chi connectivity index (χ1v) is 8.75. The number of likely N-dealkylation sites (tertiary alicyclic amines) is 1. The van der Waals surface area contributed by atoms with Gasteiger partial charge in [0.25, 0.3) is 0 Å². The van der Waals surface area contributed by atoms with Crippen LogP contribution in [-0.4, -0.2) is 64.3 Å². The summed E-state index contributed by atoms with van der Waals surface area (Å²) in [6.45, 7) is 3.09. The highest BCUT2D eigenvalue weighted by atomic mass is 16.2. The molecule has 0 spiro atoms. The van der Waals surface area contributed by atoms with Crippen molar-refractivity contribution in [3.63, 3.8) is 0 Å². The summed E-state index contributed by atoms with van der Waals surface area (Å²) in [4.78, 5) is 16.5. The average molecular weight is 342 g/mol. The minimum absolute atomic E-state index is 0.0223. The number of nitrogens with zero attached hydrogens (tertiary/aromatic N) is 5. The molecular weight excluding hydrogens is 316 g/mol. The largest absolute Gasteiger partial charge is 0.331 e. The molecule has 0 radical (unpaired) electrons. The van der Waals surface area contributed by atoms with E-state index < -0.39 is 0 Å². The molecular formula is C18H26N6O. The normalized spacial score (nSPS) is 15.6. The Hall–Kier alpha value is -2.41. The number of para-hydroxylation sites is 1. The molecule has 0 bridgehead atoms. The van der Waals surface area contributed by atoms with E-state index in [0.717, 1.165) is 44.0 Å². The molecule has 3 rings (SSSR count). The Morgan fingerprint density at radius 2 is 1.96 bits per heavy atom. The summed E-state index contributed by atoms with van der Waals surface area (Å²) in [5, 5.41) is 11.1. The van der Waals surface area contributed by atoms with E-state index in [9.17, 15) is 4.79 Å². The lowest BCUT2D eigenvalue weighted by Crippen LogP contribution is -2.45. The fourth-order valence-electron chi connectivity index (χ4n) is 3.29. The third-order valence-corrected chi connectivity index (χ3v) is 4.58. The molecule has 2 amide bonds. The molecule has 1 aliphatic rings. The SMILES string of the molecule is CN(C)CC1CCN(C(=O)NCc2nncn2-c2ccccc2)CC1. The molecule has 0 aliphatic carbocycles. The van der Waals surface area contributed by atoms with Crippen molar-refractivity contribution in [3.8, 4) is 5.69 Å². The van der Waals surface area contributed by atoms with Gasteiger partial charge in [0.2, 0.25) is 0 Å². The maximum absolute atomic E-state index is 12.4. The van der Waals surface area contributed by atoms with Crippen molar-refractivity contribution in [3.05, 3.63) is 42.5 Å². The number of urea groups is 1. The van der Waals surface area contributed by atoms with E-state index in [4.69, 9.17) is 0 Å². The second kappa shape index (κ2) is 8.11. The molecule has 1 fully saturated rings. The third-order valence-electron chi connectivity index (χ3n) is 4.58. The van der Waals surface area contributed by atoms with Gasteiger partial charge < -0.3 is 15.1 Å². The number of hydrogen-bond donors (Lipinski definition) is 1. The fourth-order valence-corrected chi connectivity index (χ4v) is 3.29. The predicted molar refractivity (Wildman–Crippen MR) is 96.4 cm³/mol. The summed E-state index contributed by atoms with van der Waals surface area (Å²) >= 11 is 0. The van der Waals surface area contributed by atoms with Gasteiger partial charge in [-0.2, -0.15) is 0 Å². The van der Waals surface area contributed by atoms with E-state index in [1.165, 1.54) is 0 Å². The molecule has 7 nitrogen and oxygen atoms in total. The Morgan fingerprint density at radius 1 is 1.24 bits per heavy atom. The van der Waals surface area contributed by atoms with E-state index in [2.05, 4.69) is 34.5 Å². The average Bonchev–Trinajstić information content (AvgIpc) is 3.09. The standard InChI is InChI=1S/C18H26N6O/c1-22(2)13-15-8-10-23(11-9-15)18(25)19-12-17-21-20-14-24(17)16-6-4-3-5-7-16/h3-7,14-15H,8-13H2,1-2H3,(H,19,25). The Labute approximate surface area is 148 Å². The van der Waals surface area contributed by atoms with Gasteiger partial charge in [-0.3, -0.25) is 4.57 Å². The quantitative estimate of drug-likeness (QED) is 0.899. The van der Waals surface area contributed by atoms with E-state index in [1.54, 1.807) is 6.33 Å². The van der Waals surface area contributed by atoms with Crippen molar-refractivity contribution in [2.75, 3.05) is 33.7 Å². The Balaban J connectivity index is 1.52. The molecule has 1 aromatic carbocycles. The number of nitrogens with one attached hydrogen (secondary N) is 1. The van der Waals surface area contributed by atoms with Crippen LogP contribution in [0, 0.1) is 5.92 Å². The third kappa shape index (κ3) is 4.57. The second-order valence-electron chi connectivity index (χ2n) is 6.80. The molecule has 0 unspecified atom stereocenters. The second-order valence-corrected chi connectivity index (χ2v) is 6.80. The van der Waals surface area contributed by atoms with Gasteiger partial charge in [-0.05, 0) is 45.0 Å². The Kier molecular flexibility index (Phi) is 5.65. The van der Waals surface area contributed by atoms with Crippen LogP contribution in [0.25, 0.3) is 5.69 Å². The summed E-state index contributed by atoms with van der Waals surface area (Å²) in [6.07, 6.45) is 3.79. The van der Waals surface area contributed by atoms with Crippen LogP contribution in [0.15, 0.2) is 36.7 Å². The number of amides is 2. The van der Waals surface area contributed by atoms with Crippen LogP contribution in [0.1, 0.15) is 18.7 Å². The van der Waals surface area contributed by atoms with E-state index in [1.807, 2.05) is 39.8 Å². The lowest BCUT2D eigenvalue weighted by atomic mass is 9.97. The molecule has 7 heteroatoms. The molecule has 1 aromatic heterocycles. The van der Waals surface area contributed by atoms with Crippen LogP contribution in [0.3, 0.4) is 0 Å². The number of benzene rings is 1. The van der Waals surface area contributed by atoms with Crippen LogP contribution >= 0.6 is 0 Å². The maximum atomic E-state index is 12.4. The van der Waals surface area contributed by atoms with Crippen molar-refractivity contribution in [2.45, 2.75) is 19.4 Å². The topological polar surface area (TPSA) is 66.3 Å². The Bertz CT molecular complexity index is 676. The van der Waals surface area contributed by atoms with Crippen LogP contribution in [0.5, 0.6) is 0 Å². The van der Waals surface area contributed by atoms with Crippen LogP contribution in [0.2, 0.25) is 0 Å². The highest BCUT2D eigenvalue weighted by Gasteiger charge is 2.23.